The van der Waals surface area contributed by atoms with Crippen LogP contribution in [0.2, 0.25) is 0 Å². The van der Waals surface area contributed by atoms with Crippen molar-refractivity contribution >= 4 is 23.5 Å². The third-order valence-corrected chi connectivity index (χ3v) is 2.40. The third-order valence-electron chi connectivity index (χ3n) is 2.40. The van der Waals surface area contributed by atoms with Crippen LogP contribution in [0.15, 0.2) is 53.7 Å². The lowest BCUT2D eigenvalue weighted by molar-refractivity contribution is 1.49. The van der Waals surface area contributed by atoms with Crippen LogP contribution in [-0.2, 0) is 0 Å². The molecule has 0 atom stereocenters. The molecule has 0 radical (unpaired) electrons. The highest BCUT2D eigenvalue weighted by Gasteiger charge is 1.91. The maximum absolute atomic E-state index is 10.2. The fraction of sp³-hybridized carbons (Fsp3) is 0. The van der Waals surface area contributed by atoms with Gasteiger partial charge in [0.15, 0.2) is 0 Å². The highest BCUT2D eigenvalue weighted by molar-refractivity contribution is 5.70. The first-order valence-electron chi connectivity index (χ1n) is 5.25. The molecule has 0 aliphatic carbocycles. The molecule has 0 heterocycles. The summed E-state index contributed by atoms with van der Waals surface area (Å²) in [6, 6.07) is 14.7. The topological polar surface area (TPSA) is 55.4 Å². The molecular formula is C14H12N2O. The van der Waals surface area contributed by atoms with Crippen molar-refractivity contribution in [1.82, 2.24) is 0 Å². The Balaban J connectivity index is 2.14. The zero-order valence-electron chi connectivity index (χ0n) is 9.21. The number of rotatable bonds is 3. The maximum atomic E-state index is 10.2. The second-order valence-electron chi connectivity index (χ2n) is 3.68. The zero-order chi connectivity index (χ0) is 12.1. The highest BCUT2D eigenvalue weighted by atomic mass is 16.3. The van der Waals surface area contributed by atoms with Crippen LogP contribution in [0, 0.1) is 4.91 Å². The van der Waals surface area contributed by atoms with Crippen LogP contribution in [0.3, 0.4) is 0 Å². The lowest BCUT2D eigenvalue weighted by Crippen LogP contribution is -1.82. The Labute approximate surface area is 99.6 Å². The van der Waals surface area contributed by atoms with E-state index in [1.165, 1.54) is 0 Å². The molecular weight excluding hydrogens is 212 g/mol. The minimum absolute atomic E-state index is 0.439. The van der Waals surface area contributed by atoms with E-state index in [9.17, 15) is 4.91 Å². The van der Waals surface area contributed by atoms with Crippen LogP contribution in [0.5, 0.6) is 0 Å². The van der Waals surface area contributed by atoms with Gasteiger partial charge in [0.2, 0.25) is 0 Å². The van der Waals surface area contributed by atoms with Gasteiger partial charge in [-0.1, -0.05) is 36.4 Å². The molecule has 0 fully saturated rings. The van der Waals surface area contributed by atoms with Gasteiger partial charge in [0.05, 0.1) is 0 Å². The van der Waals surface area contributed by atoms with Crippen molar-refractivity contribution in [2.45, 2.75) is 0 Å². The van der Waals surface area contributed by atoms with E-state index in [0.29, 0.717) is 5.69 Å². The van der Waals surface area contributed by atoms with E-state index in [0.717, 1.165) is 16.8 Å². The van der Waals surface area contributed by atoms with E-state index in [1.807, 2.05) is 48.6 Å². The lowest BCUT2D eigenvalue weighted by atomic mass is 10.1. The quantitative estimate of drug-likeness (QED) is 0.489. The van der Waals surface area contributed by atoms with E-state index >= 15 is 0 Å². The first-order chi connectivity index (χ1) is 8.28. The summed E-state index contributed by atoms with van der Waals surface area (Å²) >= 11 is 0. The predicted octanol–water partition coefficient (Wildman–Crippen LogP) is 3.84. The molecule has 17 heavy (non-hydrogen) atoms. The van der Waals surface area contributed by atoms with Crippen LogP contribution in [0.25, 0.3) is 12.2 Å². The van der Waals surface area contributed by atoms with Crippen LogP contribution >= 0.6 is 0 Å². The average Bonchev–Trinajstić information content (AvgIpc) is 2.39. The van der Waals surface area contributed by atoms with Gasteiger partial charge in [0.1, 0.15) is 5.69 Å². The van der Waals surface area contributed by atoms with Gasteiger partial charge in [0, 0.05) is 5.69 Å². The number of nitrogens with zero attached hydrogens (tertiary/aromatic N) is 1. The fourth-order valence-electron chi connectivity index (χ4n) is 1.45. The molecule has 2 aromatic carbocycles. The SMILES string of the molecule is Nc1ccc(/C=C/c2ccc(N=O)cc2)cc1. The van der Waals surface area contributed by atoms with Gasteiger partial charge in [-0.15, -0.1) is 4.91 Å². The van der Waals surface area contributed by atoms with E-state index in [2.05, 4.69) is 5.18 Å². The summed E-state index contributed by atoms with van der Waals surface area (Å²) < 4.78 is 0. The zero-order valence-corrected chi connectivity index (χ0v) is 9.21. The van der Waals surface area contributed by atoms with Gasteiger partial charge in [-0.2, -0.15) is 0 Å². The van der Waals surface area contributed by atoms with E-state index in [-0.39, 0.29) is 0 Å². The molecule has 2 rings (SSSR count). The van der Waals surface area contributed by atoms with Crippen LogP contribution in [-0.4, -0.2) is 0 Å². The molecule has 2 N–H and O–H groups in total. The molecule has 3 heteroatoms. The molecule has 0 spiro atoms. The number of nitrogen functional groups attached to an aromatic ring is 1. The van der Waals surface area contributed by atoms with Gasteiger partial charge < -0.3 is 5.73 Å². The molecule has 3 nitrogen and oxygen atoms in total. The summed E-state index contributed by atoms with van der Waals surface area (Å²) in [6.07, 6.45) is 3.96. The van der Waals surface area contributed by atoms with Gasteiger partial charge in [-0.05, 0) is 40.6 Å². The number of benzene rings is 2. The normalized spacial score (nSPS) is 10.6. The lowest BCUT2D eigenvalue weighted by Gasteiger charge is -1.96. The van der Waals surface area contributed by atoms with Crippen LogP contribution in [0.1, 0.15) is 11.1 Å². The second-order valence-corrected chi connectivity index (χ2v) is 3.68. The molecule has 0 aliphatic heterocycles. The smallest absolute Gasteiger partial charge is 0.108 e. The summed E-state index contributed by atoms with van der Waals surface area (Å²) in [5.74, 6) is 0. The molecule has 0 bridgehead atoms. The maximum Gasteiger partial charge on any atom is 0.108 e. The number of nitroso groups, excluding NO2 is 1. The van der Waals surface area contributed by atoms with E-state index in [4.69, 9.17) is 5.73 Å². The van der Waals surface area contributed by atoms with E-state index < -0.39 is 0 Å². The Kier molecular flexibility index (Phi) is 3.31. The predicted molar refractivity (Wildman–Crippen MR) is 71.7 cm³/mol. The standard InChI is InChI=1S/C14H12N2O/c15-13-7-3-11(4-8-13)1-2-12-5-9-14(16-17)10-6-12/h1-10H,15H2/b2-1+. The average molecular weight is 224 g/mol. The fourth-order valence-corrected chi connectivity index (χ4v) is 1.45. The monoisotopic (exact) mass is 224 g/mol. The van der Waals surface area contributed by atoms with Crippen molar-refractivity contribution in [3.05, 3.63) is 64.6 Å². The first kappa shape index (κ1) is 11.1. The van der Waals surface area contributed by atoms with Gasteiger partial charge in [0.25, 0.3) is 0 Å². The minimum atomic E-state index is 0.439. The Hall–Kier alpha value is -2.42. The Morgan fingerprint density at radius 3 is 1.76 bits per heavy atom. The highest BCUT2D eigenvalue weighted by Crippen LogP contribution is 2.15. The van der Waals surface area contributed by atoms with Crippen molar-refractivity contribution in [3.8, 4) is 0 Å². The van der Waals surface area contributed by atoms with Crippen molar-refractivity contribution in [2.75, 3.05) is 5.73 Å². The molecule has 0 aliphatic rings. The van der Waals surface area contributed by atoms with Crippen molar-refractivity contribution < 1.29 is 0 Å². The summed E-state index contributed by atoms with van der Waals surface area (Å²) in [5.41, 5.74) is 8.90. The molecule has 0 unspecified atom stereocenters. The van der Waals surface area contributed by atoms with Crippen LogP contribution < -0.4 is 5.73 Å². The Morgan fingerprint density at radius 2 is 1.29 bits per heavy atom. The van der Waals surface area contributed by atoms with E-state index in [1.54, 1.807) is 12.1 Å². The molecule has 0 aromatic heterocycles. The Bertz CT molecular complexity index is 527. The summed E-state index contributed by atoms with van der Waals surface area (Å²) in [5, 5.41) is 2.85. The summed E-state index contributed by atoms with van der Waals surface area (Å²) in [4.78, 5) is 10.2. The number of anilines is 1. The number of hydrogen-bond acceptors (Lipinski definition) is 3. The van der Waals surface area contributed by atoms with Crippen molar-refractivity contribution in [2.24, 2.45) is 5.18 Å². The van der Waals surface area contributed by atoms with Gasteiger partial charge in [-0.3, -0.25) is 0 Å². The number of hydrogen-bond donors (Lipinski definition) is 1. The summed E-state index contributed by atoms with van der Waals surface area (Å²) in [7, 11) is 0. The molecule has 0 amide bonds. The largest absolute Gasteiger partial charge is 0.399 e. The van der Waals surface area contributed by atoms with Gasteiger partial charge in [-0.25, -0.2) is 0 Å². The van der Waals surface area contributed by atoms with Crippen LogP contribution in [0.4, 0.5) is 11.4 Å². The molecule has 84 valence electrons. The first-order valence-corrected chi connectivity index (χ1v) is 5.25. The van der Waals surface area contributed by atoms with Crippen molar-refractivity contribution in [3.63, 3.8) is 0 Å². The Morgan fingerprint density at radius 1 is 0.824 bits per heavy atom. The third kappa shape index (κ3) is 3.01. The van der Waals surface area contributed by atoms with Crippen molar-refractivity contribution in [1.29, 1.82) is 0 Å². The molecule has 2 aromatic rings. The molecule has 0 saturated carbocycles. The minimum Gasteiger partial charge on any atom is -0.399 e. The molecule has 0 saturated heterocycles. The van der Waals surface area contributed by atoms with Gasteiger partial charge >= 0.3 is 0 Å². The number of nitrogens with two attached hydrogens (primary N) is 1. The second kappa shape index (κ2) is 5.07. The summed E-state index contributed by atoms with van der Waals surface area (Å²) in [6.45, 7) is 0.